The summed E-state index contributed by atoms with van der Waals surface area (Å²) in [5.41, 5.74) is 1.65. The molecule has 0 fully saturated rings. The van der Waals surface area contributed by atoms with E-state index in [1.807, 2.05) is 20.8 Å². The summed E-state index contributed by atoms with van der Waals surface area (Å²) in [6.07, 6.45) is 0. The summed E-state index contributed by atoms with van der Waals surface area (Å²) in [6.45, 7) is 6.34. The average Bonchev–Trinajstić information content (AvgIpc) is 2.43. The number of nitrogens with one attached hydrogen (secondary N) is 1. The zero-order valence-electron chi connectivity index (χ0n) is 12.0. The highest BCUT2D eigenvalue weighted by Crippen LogP contribution is 2.24. The molecule has 0 amide bonds. The van der Waals surface area contributed by atoms with Crippen LogP contribution in [0.1, 0.15) is 36.7 Å². The predicted octanol–water partition coefficient (Wildman–Crippen LogP) is 4.97. The number of aromatic nitrogens is 2. The van der Waals surface area contributed by atoms with Gasteiger partial charge < -0.3 is 5.32 Å². The Morgan fingerprint density at radius 1 is 1.24 bits per heavy atom. The summed E-state index contributed by atoms with van der Waals surface area (Å²) >= 11 is 11.9. The maximum absolute atomic E-state index is 13.1. The van der Waals surface area contributed by atoms with Crippen LogP contribution in [-0.2, 0) is 6.54 Å². The fourth-order valence-corrected chi connectivity index (χ4v) is 2.15. The van der Waals surface area contributed by atoms with Crippen molar-refractivity contribution in [2.45, 2.75) is 33.2 Å². The Morgan fingerprint density at radius 3 is 2.57 bits per heavy atom. The van der Waals surface area contributed by atoms with Gasteiger partial charge in [-0.25, -0.2) is 14.4 Å². The highest BCUT2D eigenvalue weighted by atomic mass is 35.5. The van der Waals surface area contributed by atoms with Gasteiger partial charge in [0.2, 0.25) is 0 Å². The van der Waals surface area contributed by atoms with E-state index < -0.39 is 5.82 Å². The minimum atomic E-state index is -0.427. The Morgan fingerprint density at radius 2 is 1.95 bits per heavy atom. The molecule has 0 saturated carbocycles. The van der Waals surface area contributed by atoms with E-state index in [-0.39, 0.29) is 10.9 Å². The van der Waals surface area contributed by atoms with Crippen molar-refractivity contribution in [3.8, 4) is 0 Å². The molecule has 0 spiro atoms. The fraction of sp³-hybridized carbons (Fsp3) is 0.333. The molecule has 1 heterocycles. The zero-order valence-corrected chi connectivity index (χ0v) is 13.6. The first-order chi connectivity index (χ1) is 9.88. The number of hydrogen-bond donors (Lipinski definition) is 1. The van der Waals surface area contributed by atoms with Crippen molar-refractivity contribution in [3.63, 3.8) is 0 Å². The van der Waals surface area contributed by atoms with Gasteiger partial charge in [-0.1, -0.05) is 43.1 Å². The second-order valence-electron chi connectivity index (χ2n) is 5.10. The molecule has 1 aromatic heterocycles. The standard InChI is InChI=1S/C15H16Cl2FN3/c1-8(2)14-20-13(17)9(3)15(21-14)19-7-10-4-5-12(18)11(16)6-10/h4-6,8H,7H2,1-3H3,(H,19,20,21). The van der Waals surface area contributed by atoms with Crippen LogP contribution in [0.25, 0.3) is 0 Å². The lowest BCUT2D eigenvalue weighted by Crippen LogP contribution is -2.08. The number of hydrogen-bond acceptors (Lipinski definition) is 3. The first-order valence-corrected chi connectivity index (χ1v) is 7.36. The van der Waals surface area contributed by atoms with Gasteiger partial charge in [-0.3, -0.25) is 0 Å². The van der Waals surface area contributed by atoms with Crippen molar-refractivity contribution < 1.29 is 4.39 Å². The van der Waals surface area contributed by atoms with E-state index in [9.17, 15) is 4.39 Å². The molecule has 0 aliphatic carbocycles. The van der Waals surface area contributed by atoms with E-state index in [0.29, 0.717) is 23.3 Å². The molecule has 1 N–H and O–H groups in total. The first-order valence-electron chi connectivity index (χ1n) is 6.60. The van der Waals surface area contributed by atoms with Crippen LogP contribution in [0.4, 0.5) is 10.2 Å². The number of nitrogens with zero attached hydrogens (tertiary/aromatic N) is 2. The van der Waals surface area contributed by atoms with Crippen LogP contribution in [0.5, 0.6) is 0 Å². The van der Waals surface area contributed by atoms with Gasteiger partial charge in [-0.05, 0) is 24.6 Å². The first kappa shape index (κ1) is 16.0. The lowest BCUT2D eigenvalue weighted by molar-refractivity contribution is 0.627. The molecule has 2 rings (SSSR count). The molecule has 0 atom stereocenters. The Balaban J connectivity index is 2.21. The van der Waals surface area contributed by atoms with E-state index >= 15 is 0 Å². The number of benzene rings is 1. The maximum atomic E-state index is 13.1. The molecule has 0 aliphatic rings. The van der Waals surface area contributed by atoms with Gasteiger partial charge in [-0.2, -0.15) is 0 Å². The van der Waals surface area contributed by atoms with Crippen LogP contribution < -0.4 is 5.32 Å². The summed E-state index contributed by atoms with van der Waals surface area (Å²) < 4.78 is 13.1. The molecule has 0 bridgehead atoms. The highest BCUT2D eigenvalue weighted by Gasteiger charge is 2.11. The molecule has 0 unspecified atom stereocenters. The monoisotopic (exact) mass is 327 g/mol. The van der Waals surface area contributed by atoms with Crippen LogP contribution >= 0.6 is 23.2 Å². The zero-order chi connectivity index (χ0) is 15.6. The van der Waals surface area contributed by atoms with Crippen LogP contribution in [0, 0.1) is 12.7 Å². The van der Waals surface area contributed by atoms with E-state index in [2.05, 4.69) is 15.3 Å². The summed E-state index contributed by atoms with van der Waals surface area (Å²) in [4.78, 5) is 8.73. The van der Waals surface area contributed by atoms with E-state index in [4.69, 9.17) is 23.2 Å². The fourth-order valence-electron chi connectivity index (χ4n) is 1.77. The highest BCUT2D eigenvalue weighted by molar-refractivity contribution is 6.31. The molecule has 21 heavy (non-hydrogen) atoms. The Labute approximate surface area is 133 Å². The van der Waals surface area contributed by atoms with Gasteiger partial charge in [0.15, 0.2) is 0 Å². The Bertz CT molecular complexity index is 660. The molecule has 6 heteroatoms. The smallest absolute Gasteiger partial charge is 0.141 e. The van der Waals surface area contributed by atoms with Gasteiger partial charge in [0.1, 0.15) is 22.6 Å². The molecular formula is C15H16Cl2FN3. The van der Waals surface area contributed by atoms with Crippen molar-refractivity contribution in [3.05, 3.63) is 51.1 Å². The van der Waals surface area contributed by atoms with Crippen molar-refractivity contribution in [1.29, 1.82) is 0 Å². The summed E-state index contributed by atoms with van der Waals surface area (Å²) in [5, 5.41) is 3.74. The van der Waals surface area contributed by atoms with Crippen LogP contribution in [0.3, 0.4) is 0 Å². The van der Waals surface area contributed by atoms with Gasteiger partial charge in [-0.15, -0.1) is 0 Å². The molecular weight excluding hydrogens is 312 g/mol. The SMILES string of the molecule is Cc1c(Cl)nc(C(C)C)nc1NCc1ccc(F)c(Cl)c1. The molecule has 3 nitrogen and oxygen atoms in total. The van der Waals surface area contributed by atoms with Gasteiger partial charge in [0.25, 0.3) is 0 Å². The maximum Gasteiger partial charge on any atom is 0.141 e. The van der Waals surface area contributed by atoms with Crippen LogP contribution in [-0.4, -0.2) is 9.97 Å². The van der Waals surface area contributed by atoms with Crippen molar-refractivity contribution in [2.24, 2.45) is 0 Å². The van der Waals surface area contributed by atoms with Crippen molar-refractivity contribution in [1.82, 2.24) is 9.97 Å². The van der Waals surface area contributed by atoms with E-state index in [1.165, 1.54) is 6.07 Å². The third-order valence-electron chi connectivity index (χ3n) is 3.06. The minimum Gasteiger partial charge on any atom is -0.366 e. The predicted molar refractivity (Wildman–Crippen MR) is 84.6 cm³/mol. The van der Waals surface area contributed by atoms with Crippen molar-refractivity contribution >= 4 is 29.0 Å². The van der Waals surface area contributed by atoms with Gasteiger partial charge in [0.05, 0.1) is 5.02 Å². The Hall–Kier alpha value is -1.39. The third-order valence-corrected chi connectivity index (χ3v) is 3.72. The number of anilines is 1. The summed E-state index contributed by atoms with van der Waals surface area (Å²) in [7, 11) is 0. The average molecular weight is 328 g/mol. The normalized spacial score (nSPS) is 11.0. The van der Waals surface area contributed by atoms with Crippen LogP contribution in [0.2, 0.25) is 10.2 Å². The lowest BCUT2D eigenvalue weighted by atomic mass is 10.2. The van der Waals surface area contributed by atoms with E-state index in [1.54, 1.807) is 12.1 Å². The molecule has 1 aromatic carbocycles. The molecule has 0 radical (unpaired) electrons. The topological polar surface area (TPSA) is 37.8 Å². The summed E-state index contributed by atoms with van der Waals surface area (Å²) in [6, 6.07) is 4.61. The molecule has 2 aromatic rings. The molecule has 0 saturated heterocycles. The molecule has 0 aliphatic heterocycles. The number of rotatable bonds is 4. The minimum absolute atomic E-state index is 0.106. The van der Waals surface area contributed by atoms with Crippen LogP contribution in [0.15, 0.2) is 18.2 Å². The Kier molecular flexibility index (Phi) is 5.01. The van der Waals surface area contributed by atoms with Gasteiger partial charge >= 0.3 is 0 Å². The van der Waals surface area contributed by atoms with Gasteiger partial charge in [0, 0.05) is 18.0 Å². The third kappa shape index (κ3) is 3.83. The second-order valence-corrected chi connectivity index (χ2v) is 5.87. The van der Waals surface area contributed by atoms with E-state index in [0.717, 1.165) is 11.1 Å². The quantitative estimate of drug-likeness (QED) is 0.806. The number of halogens is 3. The lowest BCUT2D eigenvalue weighted by Gasteiger charge is -2.13. The second kappa shape index (κ2) is 6.58. The molecule has 112 valence electrons. The largest absolute Gasteiger partial charge is 0.366 e. The van der Waals surface area contributed by atoms with Crippen molar-refractivity contribution in [2.75, 3.05) is 5.32 Å². The summed E-state index contributed by atoms with van der Waals surface area (Å²) in [5.74, 6) is 1.12.